The molecule has 0 spiro atoms. The number of likely N-dealkylation sites (N-methyl/N-ethyl adjacent to an activating group) is 1. The van der Waals surface area contributed by atoms with E-state index in [-0.39, 0.29) is 12.5 Å². The molecule has 0 aliphatic heterocycles. The molecule has 22 heavy (non-hydrogen) atoms. The van der Waals surface area contributed by atoms with Crippen LogP contribution in [0.4, 0.5) is 10.5 Å². The monoisotopic (exact) mass is 307 g/mol. The van der Waals surface area contributed by atoms with E-state index in [1.165, 1.54) is 12.0 Å². The first-order valence-corrected chi connectivity index (χ1v) is 6.79. The van der Waals surface area contributed by atoms with Crippen LogP contribution in [0.15, 0.2) is 24.3 Å². The number of nitrogens with one attached hydrogen (secondary N) is 2. The number of carbonyl (C=O) groups excluding carboxylic acids is 3. The number of amides is 3. The van der Waals surface area contributed by atoms with E-state index in [0.29, 0.717) is 5.69 Å². The van der Waals surface area contributed by atoms with Gasteiger partial charge < -0.3 is 10.1 Å². The summed E-state index contributed by atoms with van der Waals surface area (Å²) in [5, 5.41) is 4.81. The minimum atomic E-state index is -0.825. The number of rotatable bonds is 5. The first-order chi connectivity index (χ1) is 10.3. The molecule has 2 N–H and O–H groups in total. The molecule has 0 saturated heterocycles. The lowest BCUT2D eigenvalue weighted by Gasteiger charge is -2.22. The van der Waals surface area contributed by atoms with Gasteiger partial charge in [-0.1, -0.05) is 17.7 Å². The molecule has 0 radical (unpaired) electrons. The maximum Gasteiger partial charge on any atom is 0.413 e. The molecule has 0 bridgehead atoms. The van der Waals surface area contributed by atoms with Crippen LogP contribution in [0.25, 0.3) is 0 Å². The molecule has 0 fully saturated rings. The average molecular weight is 307 g/mol. The zero-order valence-corrected chi connectivity index (χ0v) is 13.2. The van der Waals surface area contributed by atoms with Crippen LogP contribution in [0.1, 0.15) is 12.5 Å². The van der Waals surface area contributed by atoms with Gasteiger partial charge in [0.1, 0.15) is 0 Å². The summed E-state index contributed by atoms with van der Waals surface area (Å²) in [6.07, 6.45) is -0.825. The van der Waals surface area contributed by atoms with Crippen LogP contribution in [-0.2, 0) is 14.3 Å². The lowest BCUT2D eigenvalue weighted by molar-refractivity contribution is -0.125. The van der Waals surface area contributed by atoms with Crippen molar-refractivity contribution in [3.63, 3.8) is 0 Å². The molecule has 7 nitrogen and oxygen atoms in total. The van der Waals surface area contributed by atoms with Gasteiger partial charge in [-0.2, -0.15) is 0 Å². The number of methoxy groups -OCH3 is 1. The van der Waals surface area contributed by atoms with Gasteiger partial charge in [0.05, 0.1) is 19.7 Å². The smallest absolute Gasteiger partial charge is 0.413 e. The van der Waals surface area contributed by atoms with Gasteiger partial charge in [0, 0.05) is 5.69 Å². The molecule has 1 aromatic rings. The third kappa shape index (κ3) is 5.53. The Balaban J connectivity index is 2.50. The third-order valence-electron chi connectivity index (χ3n) is 3.18. The summed E-state index contributed by atoms with van der Waals surface area (Å²) in [5.74, 6) is -0.776. The maximum absolute atomic E-state index is 11.9. The maximum atomic E-state index is 11.9. The standard InChI is InChI=1S/C15H21N3O4/c1-10-5-7-12(8-6-10)16-13(19)9-18(3)11(2)14(20)17-15(21)22-4/h5-8,11H,9H2,1-4H3,(H,16,19)(H,17,20,21)/t11-/m0/s1. The van der Waals surface area contributed by atoms with Gasteiger partial charge in [0.2, 0.25) is 11.8 Å². The highest BCUT2D eigenvalue weighted by molar-refractivity contribution is 5.96. The molecule has 1 rings (SSSR count). The van der Waals surface area contributed by atoms with Gasteiger partial charge in [0.15, 0.2) is 0 Å². The summed E-state index contributed by atoms with van der Waals surface area (Å²) in [6.45, 7) is 3.57. The normalized spacial score (nSPS) is 11.7. The van der Waals surface area contributed by atoms with E-state index in [9.17, 15) is 14.4 Å². The summed E-state index contributed by atoms with van der Waals surface area (Å²) in [5.41, 5.74) is 1.79. The number of ether oxygens (including phenoxy) is 1. The Kier molecular flexibility index (Phi) is 6.52. The van der Waals surface area contributed by atoms with Crippen molar-refractivity contribution in [3.8, 4) is 0 Å². The van der Waals surface area contributed by atoms with Gasteiger partial charge >= 0.3 is 6.09 Å². The molecule has 0 aromatic heterocycles. The van der Waals surface area contributed by atoms with E-state index in [1.807, 2.05) is 19.1 Å². The van der Waals surface area contributed by atoms with Crippen LogP contribution in [0.5, 0.6) is 0 Å². The predicted molar refractivity (Wildman–Crippen MR) is 82.4 cm³/mol. The summed E-state index contributed by atoms with van der Waals surface area (Å²) < 4.78 is 4.35. The van der Waals surface area contributed by atoms with Crippen molar-refractivity contribution >= 4 is 23.6 Å². The van der Waals surface area contributed by atoms with Gasteiger partial charge in [-0.15, -0.1) is 0 Å². The van der Waals surface area contributed by atoms with E-state index in [4.69, 9.17) is 0 Å². The van der Waals surface area contributed by atoms with Crippen LogP contribution >= 0.6 is 0 Å². The number of imide groups is 1. The van der Waals surface area contributed by atoms with E-state index in [1.54, 1.807) is 26.1 Å². The first kappa shape index (κ1) is 17.6. The zero-order valence-electron chi connectivity index (χ0n) is 13.2. The van der Waals surface area contributed by atoms with Crippen LogP contribution in [-0.4, -0.2) is 49.6 Å². The molecule has 0 saturated carbocycles. The van der Waals surface area contributed by atoms with Gasteiger partial charge in [-0.05, 0) is 33.0 Å². The van der Waals surface area contributed by atoms with Crippen LogP contribution in [0, 0.1) is 6.92 Å². The molecule has 0 aliphatic rings. The number of hydrogen-bond acceptors (Lipinski definition) is 5. The van der Waals surface area contributed by atoms with E-state index in [2.05, 4.69) is 15.4 Å². The van der Waals surface area contributed by atoms with Crippen molar-refractivity contribution in [2.24, 2.45) is 0 Å². The fraction of sp³-hybridized carbons (Fsp3) is 0.400. The molecule has 7 heteroatoms. The SMILES string of the molecule is COC(=O)NC(=O)[C@H](C)N(C)CC(=O)Nc1ccc(C)cc1. The summed E-state index contributed by atoms with van der Waals surface area (Å²) in [4.78, 5) is 36.2. The second kappa shape index (κ2) is 8.14. The Morgan fingerprint density at radius 1 is 1.23 bits per heavy atom. The van der Waals surface area contributed by atoms with Crippen molar-refractivity contribution in [3.05, 3.63) is 29.8 Å². The van der Waals surface area contributed by atoms with Gasteiger partial charge in [-0.25, -0.2) is 4.79 Å². The lowest BCUT2D eigenvalue weighted by atomic mass is 10.2. The lowest BCUT2D eigenvalue weighted by Crippen LogP contribution is -2.47. The highest BCUT2D eigenvalue weighted by Crippen LogP contribution is 2.08. The van der Waals surface area contributed by atoms with Crippen molar-refractivity contribution < 1.29 is 19.1 Å². The van der Waals surface area contributed by atoms with Gasteiger partial charge in [-0.3, -0.25) is 19.8 Å². The van der Waals surface area contributed by atoms with Crippen molar-refractivity contribution in [2.45, 2.75) is 19.9 Å². The summed E-state index contributed by atoms with van der Waals surface area (Å²) in [6, 6.07) is 6.75. The second-order valence-corrected chi connectivity index (χ2v) is 4.99. The number of alkyl carbamates (subject to hydrolysis) is 1. The topological polar surface area (TPSA) is 87.7 Å². The second-order valence-electron chi connectivity index (χ2n) is 4.99. The molecular weight excluding hydrogens is 286 g/mol. The van der Waals surface area contributed by atoms with Crippen molar-refractivity contribution in [1.82, 2.24) is 10.2 Å². The Hall–Kier alpha value is -2.41. The summed E-state index contributed by atoms with van der Waals surface area (Å²) in [7, 11) is 2.79. The summed E-state index contributed by atoms with van der Waals surface area (Å²) >= 11 is 0. The highest BCUT2D eigenvalue weighted by atomic mass is 16.5. The molecule has 0 unspecified atom stereocenters. The third-order valence-corrected chi connectivity index (χ3v) is 3.18. The molecule has 3 amide bonds. The highest BCUT2D eigenvalue weighted by Gasteiger charge is 2.22. The predicted octanol–water partition coefficient (Wildman–Crippen LogP) is 1.14. The number of nitrogens with zero attached hydrogens (tertiary/aromatic N) is 1. The minimum absolute atomic E-state index is 0.0175. The fourth-order valence-electron chi connectivity index (χ4n) is 1.66. The average Bonchev–Trinajstić information content (AvgIpc) is 2.48. The number of anilines is 1. The Morgan fingerprint density at radius 2 is 1.82 bits per heavy atom. The Labute approximate surface area is 129 Å². The molecule has 1 atom stereocenters. The van der Waals surface area contributed by atoms with Crippen LogP contribution in [0.3, 0.4) is 0 Å². The molecule has 0 heterocycles. The van der Waals surface area contributed by atoms with E-state index in [0.717, 1.165) is 5.56 Å². The first-order valence-electron chi connectivity index (χ1n) is 6.79. The van der Waals surface area contributed by atoms with Gasteiger partial charge in [0.25, 0.3) is 0 Å². The molecule has 1 aromatic carbocycles. The quantitative estimate of drug-likeness (QED) is 0.851. The zero-order chi connectivity index (χ0) is 16.7. The molecular formula is C15H21N3O4. The number of benzene rings is 1. The van der Waals surface area contributed by atoms with Crippen molar-refractivity contribution in [2.75, 3.05) is 26.0 Å². The Morgan fingerprint density at radius 3 is 2.36 bits per heavy atom. The fourth-order valence-corrected chi connectivity index (χ4v) is 1.66. The molecule has 120 valence electrons. The minimum Gasteiger partial charge on any atom is -0.453 e. The number of carbonyl (C=O) groups is 3. The van der Waals surface area contributed by atoms with Crippen LogP contribution in [0.2, 0.25) is 0 Å². The number of hydrogen-bond donors (Lipinski definition) is 2. The van der Waals surface area contributed by atoms with Crippen molar-refractivity contribution in [1.29, 1.82) is 0 Å². The van der Waals surface area contributed by atoms with E-state index < -0.39 is 18.0 Å². The number of aryl methyl sites for hydroxylation is 1. The molecule has 0 aliphatic carbocycles. The van der Waals surface area contributed by atoms with E-state index >= 15 is 0 Å². The largest absolute Gasteiger partial charge is 0.453 e. The Bertz CT molecular complexity index is 542. The van der Waals surface area contributed by atoms with Crippen LogP contribution < -0.4 is 10.6 Å².